The lowest BCUT2D eigenvalue weighted by atomic mass is 10.0. The van der Waals surface area contributed by atoms with Gasteiger partial charge in [-0.05, 0) is 26.0 Å². The Hall–Kier alpha value is -0.570. The summed E-state index contributed by atoms with van der Waals surface area (Å²) in [4.78, 5) is 0. The van der Waals surface area contributed by atoms with Crippen LogP contribution in [0.3, 0.4) is 0 Å². The molecule has 16 heavy (non-hydrogen) atoms. The van der Waals surface area contributed by atoms with Gasteiger partial charge in [0.25, 0.3) is 0 Å². The van der Waals surface area contributed by atoms with Crippen molar-refractivity contribution in [3.63, 3.8) is 0 Å². The molecular formula is C13H19ClO2. The van der Waals surface area contributed by atoms with Crippen LogP contribution in [0.4, 0.5) is 0 Å². The van der Waals surface area contributed by atoms with E-state index in [0.29, 0.717) is 13.2 Å². The molecular weight excluding hydrogens is 224 g/mol. The molecule has 0 aliphatic carbocycles. The first kappa shape index (κ1) is 13.5. The number of hydrogen-bond donors (Lipinski definition) is 0. The lowest BCUT2D eigenvalue weighted by Crippen LogP contribution is -2.32. The van der Waals surface area contributed by atoms with Crippen LogP contribution in [0.1, 0.15) is 32.8 Å². The van der Waals surface area contributed by atoms with Crippen molar-refractivity contribution in [1.82, 2.24) is 0 Å². The molecule has 0 heterocycles. The van der Waals surface area contributed by atoms with Gasteiger partial charge in [-0.15, -0.1) is 0 Å². The van der Waals surface area contributed by atoms with E-state index in [9.17, 15) is 0 Å². The molecule has 0 unspecified atom stereocenters. The van der Waals surface area contributed by atoms with Gasteiger partial charge in [0.05, 0.1) is 0 Å². The Bertz CT molecular complexity index is 302. The predicted molar refractivity (Wildman–Crippen MR) is 66.7 cm³/mol. The normalized spacial score (nSPS) is 11.8. The summed E-state index contributed by atoms with van der Waals surface area (Å²) in [5, 5.41) is 0.724. The summed E-state index contributed by atoms with van der Waals surface area (Å²) in [7, 11) is 0. The van der Waals surface area contributed by atoms with Crippen molar-refractivity contribution in [3.05, 3.63) is 34.9 Å². The average Bonchev–Trinajstić information content (AvgIpc) is 2.29. The van der Waals surface area contributed by atoms with E-state index in [1.165, 1.54) is 0 Å². The Morgan fingerprint density at radius 3 is 1.88 bits per heavy atom. The van der Waals surface area contributed by atoms with Crippen molar-refractivity contribution in [3.8, 4) is 0 Å². The topological polar surface area (TPSA) is 18.5 Å². The number of benzene rings is 1. The molecule has 0 fully saturated rings. The smallest absolute Gasteiger partial charge is 0.194 e. The van der Waals surface area contributed by atoms with Crippen molar-refractivity contribution in [2.24, 2.45) is 0 Å². The van der Waals surface area contributed by atoms with Gasteiger partial charge in [0.1, 0.15) is 0 Å². The van der Waals surface area contributed by atoms with Gasteiger partial charge in [-0.1, -0.05) is 30.7 Å². The van der Waals surface area contributed by atoms with E-state index in [2.05, 4.69) is 6.92 Å². The van der Waals surface area contributed by atoms with Gasteiger partial charge in [-0.3, -0.25) is 0 Å². The van der Waals surface area contributed by atoms with Crippen molar-refractivity contribution in [2.45, 2.75) is 33.0 Å². The molecule has 0 amide bonds. The Morgan fingerprint density at radius 1 is 1.00 bits per heavy atom. The summed E-state index contributed by atoms with van der Waals surface area (Å²) in [6, 6.07) is 7.63. The van der Waals surface area contributed by atoms with Crippen LogP contribution in [0, 0.1) is 0 Å². The second-order valence-corrected chi connectivity index (χ2v) is 3.92. The fourth-order valence-electron chi connectivity index (χ4n) is 1.79. The molecule has 2 nitrogen and oxygen atoms in total. The highest BCUT2D eigenvalue weighted by atomic mass is 35.5. The van der Waals surface area contributed by atoms with Gasteiger partial charge >= 0.3 is 0 Å². The third-order valence-corrected chi connectivity index (χ3v) is 2.76. The van der Waals surface area contributed by atoms with E-state index in [0.717, 1.165) is 17.0 Å². The van der Waals surface area contributed by atoms with E-state index in [4.69, 9.17) is 21.1 Å². The standard InChI is InChI=1S/C13H19ClO2/c1-4-13(15-5-2,16-6-3)11-7-9-12(14)10-8-11/h7-10H,4-6H2,1-3H3. The van der Waals surface area contributed by atoms with Crippen molar-refractivity contribution < 1.29 is 9.47 Å². The van der Waals surface area contributed by atoms with Crippen molar-refractivity contribution in [1.29, 1.82) is 0 Å². The monoisotopic (exact) mass is 242 g/mol. The Balaban J connectivity index is 3.02. The fraction of sp³-hybridized carbons (Fsp3) is 0.538. The third kappa shape index (κ3) is 2.97. The highest BCUT2D eigenvalue weighted by Crippen LogP contribution is 2.31. The Kier molecular flexibility index (Phi) is 5.26. The van der Waals surface area contributed by atoms with Crippen LogP contribution in [0.5, 0.6) is 0 Å². The second kappa shape index (κ2) is 6.24. The summed E-state index contributed by atoms with van der Waals surface area (Å²) in [6.07, 6.45) is 0.774. The maximum atomic E-state index is 5.88. The van der Waals surface area contributed by atoms with Crippen LogP contribution in [0.15, 0.2) is 24.3 Å². The molecule has 0 aliphatic heterocycles. The average molecular weight is 243 g/mol. The molecule has 0 spiro atoms. The molecule has 0 aromatic heterocycles. The highest BCUT2D eigenvalue weighted by Gasteiger charge is 2.31. The minimum atomic E-state index is -0.631. The lowest BCUT2D eigenvalue weighted by Gasteiger charge is -2.32. The van der Waals surface area contributed by atoms with Crippen LogP contribution < -0.4 is 0 Å². The lowest BCUT2D eigenvalue weighted by molar-refractivity contribution is -0.244. The van der Waals surface area contributed by atoms with Gasteiger partial charge < -0.3 is 9.47 Å². The van der Waals surface area contributed by atoms with Gasteiger partial charge in [-0.2, -0.15) is 0 Å². The second-order valence-electron chi connectivity index (χ2n) is 3.48. The van der Waals surface area contributed by atoms with Crippen LogP contribution in [0.2, 0.25) is 5.02 Å². The minimum Gasteiger partial charge on any atom is -0.346 e. The van der Waals surface area contributed by atoms with Crippen molar-refractivity contribution >= 4 is 11.6 Å². The molecule has 1 rings (SSSR count). The number of rotatable bonds is 6. The molecule has 0 saturated heterocycles. The van der Waals surface area contributed by atoms with Crippen LogP contribution >= 0.6 is 11.6 Å². The van der Waals surface area contributed by atoms with Crippen LogP contribution in [0.25, 0.3) is 0 Å². The summed E-state index contributed by atoms with van der Waals surface area (Å²) >= 11 is 5.88. The maximum Gasteiger partial charge on any atom is 0.194 e. The number of hydrogen-bond acceptors (Lipinski definition) is 2. The minimum absolute atomic E-state index is 0.621. The van der Waals surface area contributed by atoms with Crippen molar-refractivity contribution in [2.75, 3.05) is 13.2 Å². The SMILES string of the molecule is CCOC(CC)(OCC)c1ccc(Cl)cc1. The van der Waals surface area contributed by atoms with E-state index in [1.807, 2.05) is 38.1 Å². The first-order chi connectivity index (χ1) is 7.68. The molecule has 1 aromatic rings. The first-order valence-corrected chi connectivity index (χ1v) is 6.10. The third-order valence-electron chi connectivity index (χ3n) is 2.50. The van der Waals surface area contributed by atoms with E-state index >= 15 is 0 Å². The molecule has 0 aliphatic rings. The number of halogens is 1. The summed E-state index contributed by atoms with van der Waals surface area (Å²) in [6.45, 7) is 7.24. The quantitative estimate of drug-likeness (QED) is 0.703. The van der Waals surface area contributed by atoms with E-state index in [1.54, 1.807) is 0 Å². The van der Waals surface area contributed by atoms with Gasteiger partial charge in [0.2, 0.25) is 0 Å². The predicted octanol–water partition coefficient (Wildman–Crippen LogP) is 3.98. The van der Waals surface area contributed by atoms with E-state index in [-0.39, 0.29) is 0 Å². The zero-order valence-electron chi connectivity index (χ0n) is 10.1. The fourth-order valence-corrected chi connectivity index (χ4v) is 1.91. The molecule has 90 valence electrons. The van der Waals surface area contributed by atoms with Gasteiger partial charge in [-0.25, -0.2) is 0 Å². The molecule has 0 N–H and O–H groups in total. The van der Waals surface area contributed by atoms with Gasteiger partial charge in [0.15, 0.2) is 5.79 Å². The zero-order valence-corrected chi connectivity index (χ0v) is 10.9. The molecule has 0 saturated carbocycles. The largest absolute Gasteiger partial charge is 0.346 e. The highest BCUT2D eigenvalue weighted by molar-refractivity contribution is 6.30. The summed E-state index contributed by atoms with van der Waals surface area (Å²) in [5.41, 5.74) is 1.02. The Labute approximate surface area is 103 Å². The van der Waals surface area contributed by atoms with Crippen LogP contribution in [-0.2, 0) is 15.3 Å². The maximum absolute atomic E-state index is 5.88. The molecule has 0 radical (unpaired) electrons. The molecule has 0 atom stereocenters. The van der Waals surface area contributed by atoms with Gasteiger partial charge in [0, 0.05) is 30.2 Å². The molecule has 3 heteroatoms. The summed E-state index contributed by atoms with van der Waals surface area (Å²) < 4.78 is 11.6. The van der Waals surface area contributed by atoms with E-state index < -0.39 is 5.79 Å². The zero-order chi connectivity index (χ0) is 12.0. The Morgan fingerprint density at radius 2 is 1.50 bits per heavy atom. The molecule has 1 aromatic carbocycles. The van der Waals surface area contributed by atoms with Crippen LogP contribution in [-0.4, -0.2) is 13.2 Å². The first-order valence-electron chi connectivity index (χ1n) is 5.72. The molecule has 0 bridgehead atoms. The summed E-state index contributed by atoms with van der Waals surface area (Å²) in [5.74, 6) is -0.631. The number of ether oxygens (including phenoxy) is 2.